The average Bonchev–Trinajstić information content (AvgIpc) is 1.97. The molecule has 0 aromatic carbocycles. The second kappa shape index (κ2) is 6.62. The van der Waals surface area contributed by atoms with E-state index in [1.54, 1.807) is 13.8 Å². The molecule has 0 aromatic rings. The van der Waals surface area contributed by atoms with Crippen LogP contribution in [0.2, 0.25) is 0 Å². The van der Waals surface area contributed by atoms with Crippen LogP contribution >= 0.6 is 12.4 Å². The van der Waals surface area contributed by atoms with Crippen molar-refractivity contribution in [3.05, 3.63) is 0 Å². The molecular weight excluding hydrogens is 208 g/mol. The fourth-order valence-electron chi connectivity index (χ4n) is 0.689. The highest BCUT2D eigenvalue weighted by atomic mass is 35.5. The molecule has 0 aliphatic carbocycles. The van der Waals surface area contributed by atoms with E-state index in [1.165, 1.54) is 6.92 Å². The first-order chi connectivity index (χ1) is 5.86. The molecule has 1 amide bonds. The number of carboxylic acid groups (broad SMARTS) is 1. The molecule has 0 rings (SSSR count). The van der Waals surface area contributed by atoms with E-state index >= 15 is 0 Å². The Kier molecular flexibility index (Phi) is 7.40. The van der Waals surface area contributed by atoms with Gasteiger partial charge in [-0.15, -0.1) is 12.4 Å². The van der Waals surface area contributed by atoms with Gasteiger partial charge in [-0.25, -0.2) is 0 Å². The van der Waals surface area contributed by atoms with Crippen molar-refractivity contribution in [1.29, 1.82) is 0 Å². The topological polar surface area (TPSA) is 78.4 Å². The summed E-state index contributed by atoms with van der Waals surface area (Å²) in [6.07, 6.45) is 0. The van der Waals surface area contributed by atoms with Crippen molar-refractivity contribution in [3.63, 3.8) is 0 Å². The van der Waals surface area contributed by atoms with Gasteiger partial charge in [-0.2, -0.15) is 0 Å². The maximum Gasteiger partial charge on any atom is 0.323 e. The van der Waals surface area contributed by atoms with Crippen LogP contribution in [-0.4, -0.2) is 35.6 Å². The van der Waals surface area contributed by atoms with Crippen LogP contribution < -0.4 is 10.6 Å². The molecule has 0 aromatic heterocycles. The van der Waals surface area contributed by atoms with E-state index in [-0.39, 0.29) is 18.3 Å². The van der Waals surface area contributed by atoms with Gasteiger partial charge in [-0.3, -0.25) is 9.59 Å². The number of nitrogens with one attached hydrogen (secondary N) is 2. The van der Waals surface area contributed by atoms with Crippen molar-refractivity contribution in [3.8, 4) is 0 Å². The van der Waals surface area contributed by atoms with Crippen molar-refractivity contribution < 1.29 is 14.7 Å². The molecule has 0 fully saturated rings. The standard InChI is InChI=1S/C8H16N2O3.ClH/c1-6(11)9-4-5-10-8(2,3)7(12)13;/h10H,4-5H2,1-3H3,(H,9,11)(H,12,13);1H. The number of halogens is 1. The van der Waals surface area contributed by atoms with E-state index in [2.05, 4.69) is 10.6 Å². The molecular formula is C8H17ClN2O3. The first kappa shape index (κ1) is 15.7. The van der Waals surface area contributed by atoms with Crippen LogP contribution in [0.5, 0.6) is 0 Å². The number of aliphatic carboxylic acids is 1. The maximum atomic E-state index is 10.6. The molecule has 3 N–H and O–H groups in total. The molecule has 0 aliphatic rings. The van der Waals surface area contributed by atoms with Crippen molar-refractivity contribution >= 4 is 24.3 Å². The number of hydrogen-bond donors (Lipinski definition) is 3. The Bertz CT molecular complexity index is 207. The average molecular weight is 225 g/mol. The molecule has 0 atom stereocenters. The highest BCUT2D eigenvalue weighted by Crippen LogP contribution is 1.99. The zero-order valence-electron chi connectivity index (χ0n) is 8.59. The lowest BCUT2D eigenvalue weighted by atomic mass is 10.1. The summed E-state index contributed by atoms with van der Waals surface area (Å²) >= 11 is 0. The third-order valence-electron chi connectivity index (χ3n) is 1.60. The normalized spacial score (nSPS) is 10.2. The highest BCUT2D eigenvalue weighted by Gasteiger charge is 2.25. The molecule has 0 radical (unpaired) electrons. The predicted octanol–water partition coefficient (Wildman–Crippen LogP) is -0.00290. The van der Waals surface area contributed by atoms with Gasteiger partial charge in [0.2, 0.25) is 5.91 Å². The smallest absolute Gasteiger partial charge is 0.323 e. The van der Waals surface area contributed by atoms with E-state index in [0.717, 1.165) is 0 Å². The Balaban J connectivity index is 0. The summed E-state index contributed by atoms with van der Waals surface area (Å²) in [7, 11) is 0. The summed E-state index contributed by atoms with van der Waals surface area (Å²) < 4.78 is 0. The van der Waals surface area contributed by atoms with Gasteiger partial charge in [0.15, 0.2) is 0 Å². The van der Waals surface area contributed by atoms with Gasteiger partial charge in [0.1, 0.15) is 5.54 Å². The first-order valence-corrected chi connectivity index (χ1v) is 4.09. The molecule has 84 valence electrons. The van der Waals surface area contributed by atoms with E-state index in [1.807, 2.05) is 0 Å². The molecule has 0 saturated heterocycles. The quantitative estimate of drug-likeness (QED) is 0.575. The number of carbonyl (C=O) groups is 2. The Morgan fingerprint density at radius 3 is 2.14 bits per heavy atom. The summed E-state index contributed by atoms with van der Waals surface area (Å²) in [5.41, 5.74) is -0.946. The van der Waals surface area contributed by atoms with Gasteiger partial charge in [0.25, 0.3) is 0 Å². The number of carbonyl (C=O) groups excluding carboxylic acids is 1. The molecule has 6 heteroatoms. The number of rotatable bonds is 5. The molecule has 0 unspecified atom stereocenters. The number of amides is 1. The van der Waals surface area contributed by atoms with Crippen LogP contribution in [0.3, 0.4) is 0 Å². The molecule has 5 nitrogen and oxygen atoms in total. The Labute approximate surface area is 89.7 Å². The van der Waals surface area contributed by atoms with E-state index in [9.17, 15) is 9.59 Å². The second-order valence-corrected chi connectivity index (χ2v) is 3.34. The van der Waals surface area contributed by atoms with Crippen LogP contribution in [0.25, 0.3) is 0 Å². The summed E-state index contributed by atoms with van der Waals surface area (Å²) in [6, 6.07) is 0. The van der Waals surface area contributed by atoms with E-state index in [0.29, 0.717) is 13.1 Å². The minimum Gasteiger partial charge on any atom is -0.480 e. The minimum absolute atomic E-state index is 0. The lowest BCUT2D eigenvalue weighted by Crippen LogP contribution is -2.49. The van der Waals surface area contributed by atoms with Crippen molar-refractivity contribution in [2.24, 2.45) is 0 Å². The molecule has 0 heterocycles. The van der Waals surface area contributed by atoms with Gasteiger partial charge in [0.05, 0.1) is 0 Å². The SMILES string of the molecule is CC(=O)NCCNC(C)(C)C(=O)O.Cl. The van der Waals surface area contributed by atoms with Crippen LogP contribution in [-0.2, 0) is 9.59 Å². The summed E-state index contributed by atoms with van der Waals surface area (Å²) in [5.74, 6) is -1.02. The van der Waals surface area contributed by atoms with Crippen molar-refractivity contribution in [1.82, 2.24) is 10.6 Å². The molecule has 14 heavy (non-hydrogen) atoms. The summed E-state index contributed by atoms with van der Waals surface area (Å²) in [4.78, 5) is 21.0. The molecule has 0 spiro atoms. The largest absolute Gasteiger partial charge is 0.480 e. The van der Waals surface area contributed by atoms with Gasteiger partial charge < -0.3 is 15.7 Å². The van der Waals surface area contributed by atoms with Crippen molar-refractivity contribution in [2.45, 2.75) is 26.3 Å². The third-order valence-corrected chi connectivity index (χ3v) is 1.60. The zero-order chi connectivity index (χ0) is 10.5. The molecule has 0 aliphatic heterocycles. The van der Waals surface area contributed by atoms with Crippen LogP contribution in [0.1, 0.15) is 20.8 Å². The minimum atomic E-state index is -0.946. The lowest BCUT2D eigenvalue weighted by molar-refractivity contribution is -0.143. The number of carboxylic acids is 1. The Morgan fingerprint density at radius 1 is 1.29 bits per heavy atom. The highest BCUT2D eigenvalue weighted by molar-refractivity contribution is 5.85. The van der Waals surface area contributed by atoms with Crippen LogP contribution in [0, 0.1) is 0 Å². The summed E-state index contributed by atoms with van der Waals surface area (Å²) in [6.45, 7) is 5.44. The fraction of sp³-hybridized carbons (Fsp3) is 0.750. The zero-order valence-corrected chi connectivity index (χ0v) is 9.40. The first-order valence-electron chi connectivity index (χ1n) is 4.09. The van der Waals surface area contributed by atoms with E-state index in [4.69, 9.17) is 5.11 Å². The van der Waals surface area contributed by atoms with Gasteiger partial charge in [-0.1, -0.05) is 0 Å². The monoisotopic (exact) mass is 224 g/mol. The molecule has 0 saturated carbocycles. The third kappa shape index (κ3) is 6.68. The molecule has 0 bridgehead atoms. The maximum absolute atomic E-state index is 10.6. The summed E-state index contributed by atoms with van der Waals surface area (Å²) in [5, 5.41) is 14.1. The van der Waals surface area contributed by atoms with Crippen LogP contribution in [0.4, 0.5) is 0 Å². The Hall–Kier alpha value is -0.810. The Morgan fingerprint density at radius 2 is 1.79 bits per heavy atom. The van der Waals surface area contributed by atoms with Crippen molar-refractivity contribution in [2.75, 3.05) is 13.1 Å². The van der Waals surface area contributed by atoms with Gasteiger partial charge in [0, 0.05) is 20.0 Å². The number of hydrogen-bond acceptors (Lipinski definition) is 3. The lowest BCUT2D eigenvalue weighted by Gasteiger charge is -2.20. The van der Waals surface area contributed by atoms with Gasteiger partial charge in [-0.05, 0) is 13.8 Å². The van der Waals surface area contributed by atoms with E-state index < -0.39 is 11.5 Å². The predicted molar refractivity (Wildman–Crippen MR) is 55.6 cm³/mol. The second-order valence-electron chi connectivity index (χ2n) is 3.34. The van der Waals surface area contributed by atoms with Gasteiger partial charge >= 0.3 is 5.97 Å². The fourth-order valence-corrected chi connectivity index (χ4v) is 0.689. The van der Waals surface area contributed by atoms with Crippen LogP contribution in [0.15, 0.2) is 0 Å².